The average molecular weight is 671 g/mol. The minimum Gasteiger partial charge on any atom is -0.379 e. The van der Waals surface area contributed by atoms with E-state index in [0.717, 1.165) is 43.6 Å². The molecule has 12 nitrogen and oxygen atoms in total. The fourth-order valence-electron chi connectivity index (χ4n) is 6.83. The summed E-state index contributed by atoms with van der Waals surface area (Å²) in [5.74, 6) is -0.228. The zero-order chi connectivity index (χ0) is 35.2. The summed E-state index contributed by atoms with van der Waals surface area (Å²) in [5.41, 5.74) is 7.50. The highest BCUT2D eigenvalue weighted by atomic mass is 16.3. The van der Waals surface area contributed by atoms with E-state index >= 15 is 0 Å². The van der Waals surface area contributed by atoms with Gasteiger partial charge in [0.2, 0.25) is 0 Å². The first kappa shape index (κ1) is 32.8. The summed E-state index contributed by atoms with van der Waals surface area (Å²) in [6.07, 6.45) is 8.07. The molecule has 12 heteroatoms. The molecule has 2 atom stereocenters. The predicted molar refractivity (Wildman–Crippen MR) is 191 cm³/mol. The fourth-order valence-corrected chi connectivity index (χ4v) is 6.83. The van der Waals surface area contributed by atoms with Crippen LogP contribution in [0.1, 0.15) is 66.1 Å². The molecular weight excluding hydrogens is 632 g/mol. The molecule has 1 aliphatic heterocycles. The maximum absolute atomic E-state index is 12.0. The summed E-state index contributed by atoms with van der Waals surface area (Å²) in [6.45, 7) is 8.47. The number of benzene rings is 4. The van der Waals surface area contributed by atoms with Gasteiger partial charge in [0, 0.05) is 17.5 Å². The topological polar surface area (TPSA) is 185 Å². The highest BCUT2D eigenvalue weighted by Gasteiger charge is 2.38. The molecule has 0 aliphatic carbocycles. The van der Waals surface area contributed by atoms with Crippen LogP contribution in [0.4, 0.5) is 0 Å². The minimum atomic E-state index is -1.17. The van der Waals surface area contributed by atoms with Crippen molar-refractivity contribution in [2.24, 2.45) is 11.8 Å². The van der Waals surface area contributed by atoms with Crippen LogP contribution < -0.4 is 16.4 Å². The van der Waals surface area contributed by atoms with E-state index in [2.05, 4.69) is 41.0 Å². The highest BCUT2D eigenvalue weighted by Crippen LogP contribution is 2.38. The lowest BCUT2D eigenvalue weighted by atomic mass is 9.80. The zero-order valence-electron chi connectivity index (χ0n) is 28.1. The van der Waals surface area contributed by atoms with Crippen molar-refractivity contribution in [1.29, 1.82) is 0 Å². The maximum Gasteiger partial charge on any atom is 0.272 e. The standard InChI is InChI=1S/C19H20N4O2.C19H18N4O2/c2*1-11(2)19(25,17-9-20-10-21-17)15-4-3-12-7-16-14(5-13(12)6-15)8-22-23-18(16)24/h3-7,9-11,22,25H,8H2,1-2H3,(H,20,21)(H,23,24);3-11,25H,1-2H3,(H,20,21)(H,23,24). The number of carbonyl (C=O) groups is 1. The number of aromatic nitrogens is 6. The van der Waals surface area contributed by atoms with E-state index < -0.39 is 11.2 Å². The van der Waals surface area contributed by atoms with Gasteiger partial charge in [0.15, 0.2) is 0 Å². The van der Waals surface area contributed by atoms with Crippen LogP contribution in [-0.4, -0.2) is 46.3 Å². The van der Waals surface area contributed by atoms with E-state index in [-0.39, 0.29) is 23.3 Å². The summed E-state index contributed by atoms with van der Waals surface area (Å²) in [5, 5.41) is 34.3. The second kappa shape index (κ2) is 12.6. The molecule has 4 heterocycles. The molecule has 4 aromatic carbocycles. The van der Waals surface area contributed by atoms with Crippen molar-refractivity contribution in [2.45, 2.75) is 45.4 Å². The molecular formula is C38H38N8O4. The Kier molecular flexibility index (Phi) is 8.30. The molecule has 2 unspecified atom stereocenters. The lowest BCUT2D eigenvalue weighted by Crippen LogP contribution is -2.41. The van der Waals surface area contributed by atoms with E-state index in [9.17, 15) is 19.8 Å². The van der Waals surface area contributed by atoms with Crippen molar-refractivity contribution < 1.29 is 15.0 Å². The summed E-state index contributed by atoms with van der Waals surface area (Å²) in [6, 6.07) is 19.3. The molecule has 8 rings (SSSR count). The number of carbonyl (C=O) groups excluding carboxylic acids is 1. The summed E-state index contributed by atoms with van der Waals surface area (Å²) >= 11 is 0. The molecule has 3 aromatic heterocycles. The van der Waals surface area contributed by atoms with Crippen LogP contribution in [0, 0.1) is 11.8 Å². The van der Waals surface area contributed by atoms with Gasteiger partial charge in [-0.2, -0.15) is 5.10 Å². The Hall–Kier alpha value is -5.69. The third-order valence-electron chi connectivity index (χ3n) is 9.78. The molecule has 50 heavy (non-hydrogen) atoms. The molecule has 0 fully saturated rings. The number of nitrogens with zero attached hydrogens (tertiary/aromatic N) is 3. The van der Waals surface area contributed by atoms with Gasteiger partial charge in [-0.1, -0.05) is 52.0 Å². The Morgan fingerprint density at radius 3 is 1.82 bits per heavy atom. The number of hydrazine groups is 1. The highest BCUT2D eigenvalue weighted by molar-refractivity contribution is 6.01. The number of rotatable bonds is 6. The molecule has 1 amide bonds. The van der Waals surface area contributed by atoms with Crippen molar-refractivity contribution in [1.82, 2.24) is 41.0 Å². The van der Waals surface area contributed by atoms with E-state index in [4.69, 9.17) is 0 Å². The number of fused-ring (bicyclic) bond motifs is 4. The van der Waals surface area contributed by atoms with E-state index in [0.29, 0.717) is 28.9 Å². The third kappa shape index (κ3) is 5.53. The number of aromatic amines is 3. The monoisotopic (exact) mass is 670 g/mol. The second-order valence-electron chi connectivity index (χ2n) is 13.4. The lowest BCUT2D eigenvalue weighted by molar-refractivity contribution is 0.0279. The fraction of sp³-hybridized carbons (Fsp3) is 0.237. The first-order chi connectivity index (χ1) is 24.0. The first-order valence-corrected chi connectivity index (χ1v) is 16.4. The largest absolute Gasteiger partial charge is 0.379 e. The molecule has 0 radical (unpaired) electrons. The zero-order valence-corrected chi connectivity index (χ0v) is 28.1. The molecule has 0 saturated carbocycles. The number of hydrogen-bond acceptors (Lipinski definition) is 8. The van der Waals surface area contributed by atoms with Crippen LogP contribution >= 0.6 is 0 Å². The third-order valence-corrected chi connectivity index (χ3v) is 9.78. The number of H-pyrrole nitrogens is 3. The molecule has 0 saturated heterocycles. The van der Waals surface area contributed by atoms with Gasteiger partial charge in [0.25, 0.3) is 11.5 Å². The van der Waals surface area contributed by atoms with Crippen LogP contribution in [0.25, 0.3) is 32.3 Å². The maximum atomic E-state index is 12.0. The molecule has 254 valence electrons. The Morgan fingerprint density at radius 1 is 0.680 bits per heavy atom. The summed E-state index contributed by atoms with van der Waals surface area (Å²) in [4.78, 5) is 38.1. The average Bonchev–Trinajstić information content (AvgIpc) is 3.86. The number of imidazole rings is 2. The Morgan fingerprint density at radius 2 is 1.26 bits per heavy atom. The van der Waals surface area contributed by atoms with Gasteiger partial charge in [-0.3, -0.25) is 15.0 Å². The van der Waals surface area contributed by atoms with Gasteiger partial charge in [-0.25, -0.2) is 20.5 Å². The van der Waals surface area contributed by atoms with Crippen molar-refractivity contribution in [3.05, 3.63) is 136 Å². The molecule has 7 N–H and O–H groups in total. The van der Waals surface area contributed by atoms with Gasteiger partial charge in [0.1, 0.15) is 11.2 Å². The summed E-state index contributed by atoms with van der Waals surface area (Å²) in [7, 11) is 0. The van der Waals surface area contributed by atoms with Crippen molar-refractivity contribution in [3.63, 3.8) is 0 Å². The van der Waals surface area contributed by atoms with E-state index in [1.165, 1.54) is 0 Å². The van der Waals surface area contributed by atoms with Gasteiger partial charge in [-0.15, -0.1) is 0 Å². The van der Waals surface area contributed by atoms with Gasteiger partial charge >= 0.3 is 0 Å². The van der Waals surface area contributed by atoms with Crippen LogP contribution in [0.2, 0.25) is 0 Å². The normalized spacial score (nSPS) is 15.4. The first-order valence-electron chi connectivity index (χ1n) is 16.4. The summed E-state index contributed by atoms with van der Waals surface area (Å²) < 4.78 is 0. The second-order valence-corrected chi connectivity index (χ2v) is 13.4. The number of aliphatic hydroxyl groups is 2. The predicted octanol–water partition coefficient (Wildman–Crippen LogP) is 4.89. The lowest BCUT2D eigenvalue weighted by Gasteiger charge is -2.32. The number of hydrogen-bond donors (Lipinski definition) is 7. The van der Waals surface area contributed by atoms with Crippen LogP contribution in [0.15, 0.2) is 96.7 Å². The van der Waals surface area contributed by atoms with Crippen molar-refractivity contribution in [3.8, 4) is 0 Å². The van der Waals surface area contributed by atoms with Gasteiger partial charge < -0.3 is 20.2 Å². The van der Waals surface area contributed by atoms with Gasteiger partial charge in [-0.05, 0) is 86.5 Å². The van der Waals surface area contributed by atoms with E-state index in [1.807, 2.05) is 88.4 Å². The molecule has 1 aliphatic rings. The minimum absolute atomic E-state index is 0.0459. The van der Waals surface area contributed by atoms with Crippen LogP contribution in [0.3, 0.4) is 0 Å². The quantitative estimate of drug-likeness (QED) is 0.122. The SMILES string of the molecule is CC(C)C(O)(c1ccc2cc3c(=O)[nH]ncc3cc2c1)c1cnc[nH]1.CC(C)C(O)(c1ccc2cc3c(cc2c1)CNNC3=O)c1cnc[nH]1. The molecule has 0 spiro atoms. The molecule has 7 aromatic rings. The van der Waals surface area contributed by atoms with Gasteiger partial charge in [0.05, 0.1) is 48.0 Å². The van der Waals surface area contributed by atoms with Crippen molar-refractivity contribution >= 4 is 38.2 Å². The smallest absolute Gasteiger partial charge is 0.272 e. The van der Waals surface area contributed by atoms with E-state index in [1.54, 1.807) is 31.2 Å². The Bertz CT molecular complexity index is 2400. The van der Waals surface area contributed by atoms with Crippen molar-refractivity contribution in [2.75, 3.05) is 0 Å². The Labute approximate surface area is 287 Å². The Balaban J connectivity index is 0.000000157. The molecule has 0 bridgehead atoms. The van der Waals surface area contributed by atoms with Crippen LogP contribution in [0.5, 0.6) is 0 Å². The number of amides is 1. The van der Waals surface area contributed by atoms with Crippen LogP contribution in [-0.2, 0) is 17.7 Å². The number of nitrogens with one attached hydrogen (secondary N) is 5.